The second-order valence-corrected chi connectivity index (χ2v) is 5.12. The van der Waals surface area contributed by atoms with Gasteiger partial charge in [-0.3, -0.25) is 4.90 Å². The third-order valence-corrected chi connectivity index (χ3v) is 3.41. The summed E-state index contributed by atoms with van der Waals surface area (Å²) >= 11 is 5.93. The summed E-state index contributed by atoms with van der Waals surface area (Å²) in [5.41, 5.74) is 0.857. The number of halogens is 1. The standard InChI is InChI=1S/C15H24ClNO3/c1-19-10-8-17(9-11-20-2)7-6-15(18)13-4-3-5-14(16)12-13/h3-5,12,15,18H,6-11H2,1-2H3. The Morgan fingerprint density at radius 2 is 1.80 bits per heavy atom. The number of aliphatic hydroxyl groups excluding tert-OH is 1. The fourth-order valence-corrected chi connectivity index (χ4v) is 2.16. The lowest BCUT2D eigenvalue weighted by Gasteiger charge is -2.23. The van der Waals surface area contributed by atoms with Gasteiger partial charge in [0, 0.05) is 38.9 Å². The summed E-state index contributed by atoms with van der Waals surface area (Å²) in [5, 5.41) is 10.8. The Morgan fingerprint density at radius 3 is 2.35 bits per heavy atom. The molecule has 1 unspecified atom stereocenters. The first-order valence-electron chi connectivity index (χ1n) is 6.81. The van der Waals surface area contributed by atoms with Gasteiger partial charge in [-0.1, -0.05) is 23.7 Å². The van der Waals surface area contributed by atoms with Crippen LogP contribution in [0.15, 0.2) is 24.3 Å². The van der Waals surface area contributed by atoms with E-state index < -0.39 is 6.10 Å². The maximum Gasteiger partial charge on any atom is 0.0802 e. The van der Waals surface area contributed by atoms with Crippen LogP contribution in [0.5, 0.6) is 0 Å². The highest BCUT2D eigenvalue weighted by atomic mass is 35.5. The van der Waals surface area contributed by atoms with Crippen LogP contribution in [-0.4, -0.2) is 57.1 Å². The second kappa shape index (κ2) is 10.1. The van der Waals surface area contributed by atoms with Crippen molar-refractivity contribution >= 4 is 11.6 Å². The molecule has 1 rings (SSSR count). The number of rotatable bonds is 10. The first kappa shape index (κ1) is 17.4. The van der Waals surface area contributed by atoms with Gasteiger partial charge in [0.05, 0.1) is 19.3 Å². The zero-order chi connectivity index (χ0) is 14.8. The summed E-state index contributed by atoms with van der Waals surface area (Å²) in [6, 6.07) is 7.36. The molecule has 0 aliphatic rings. The van der Waals surface area contributed by atoms with Gasteiger partial charge in [0.1, 0.15) is 0 Å². The number of ether oxygens (including phenoxy) is 2. The van der Waals surface area contributed by atoms with Crippen LogP contribution in [0.3, 0.4) is 0 Å². The highest BCUT2D eigenvalue weighted by molar-refractivity contribution is 6.30. The Labute approximate surface area is 126 Å². The molecule has 0 spiro atoms. The molecule has 4 nitrogen and oxygen atoms in total. The molecular formula is C15H24ClNO3. The average Bonchev–Trinajstić information content (AvgIpc) is 2.46. The number of methoxy groups -OCH3 is 2. The molecule has 0 aliphatic heterocycles. The summed E-state index contributed by atoms with van der Waals surface area (Å²) in [7, 11) is 3.38. The quantitative estimate of drug-likeness (QED) is 0.720. The van der Waals surface area contributed by atoms with Crippen LogP contribution in [0.4, 0.5) is 0 Å². The fourth-order valence-electron chi connectivity index (χ4n) is 1.96. The first-order valence-corrected chi connectivity index (χ1v) is 7.19. The van der Waals surface area contributed by atoms with E-state index in [1.54, 1.807) is 26.4 Å². The van der Waals surface area contributed by atoms with Crippen molar-refractivity contribution in [3.8, 4) is 0 Å². The predicted molar refractivity (Wildman–Crippen MR) is 81.2 cm³/mol. The number of benzene rings is 1. The third-order valence-electron chi connectivity index (χ3n) is 3.18. The molecule has 114 valence electrons. The smallest absolute Gasteiger partial charge is 0.0802 e. The molecule has 0 aromatic heterocycles. The van der Waals surface area contributed by atoms with Crippen molar-refractivity contribution in [1.82, 2.24) is 4.90 Å². The van der Waals surface area contributed by atoms with Crippen LogP contribution in [0.25, 0.3) is 0 Å². The maximum atomic E-state index is 10.2. The molecule has 0 fully saturated rings. The van der Waals surface area contributed by atoms with E-state index in [0.29, 0.717) is 24.7 Å². The molecule has 1 aromatic carbocycles. The molecule has 0 heterocycles. The van der Waals surface area contributed by atoms with Crippen LogP contribution in [0.2, 0.25) is 5.02 Å². The van der Waals surface area contributed by atoms with E-state index in [0.717, 1.165) is 25.2 Å². The third kappa shape index (κ3) is 6.68. The van der Waals surface area contributed by atoms with Gasteiger partial charge in [-0.15, -0.1) is 0 Å². The van der Waals surface area contributed by atoms with Crippen molar-refractivity contribution in [1.29, 1.82) is 0 Å². The van der Waals surface area contributed by atoms with E-state index in [4.69, 9.17) is 21.1 Å². The number of hydrogen-bond acceptors (Lipinski definition) is 4. The molecule has 1 atom stereocenters. The number of aliphatic hydroxyl groups is 1. The van der Waals surface area contributed by atoms with Crippen LogP contribution in [0, 0.1) is 0 Å². The molecule has 0 bridgehead atoms. The highest BCUT2D eigenvalue weighted by Crippen LogP contribution is 2.20. The van der Waals surface area contributed by atoms with Gasteiger partial charge < -0.3 is 14.6 Å². The SMILES string of the molecule is COCCN(CCOC)CCC(O)c1cccc(Cl)c1. The van der Waals surface area contributed by atoms with Crippen molar-refractivity contribution in [3.05, 3.63) is 34.9 Å². The first-order chi connectivity index (χ1) is 9.67. The van der Waals surface area contributed by atoms with Gasteiger partial charge in [0.25, 0.3) is 0 Å². The maximum absolute atomic E-state index is 10.2. The van der Waals surface area contributed by atoms with Crippen molar-refractivity contribution < 1.29 is 14.6 Å². The van der Waals surface area contributed by atoms with Gasteiger partial charge in [0.15, 0.2) is 0 Å². The Morgan fingerprint density at radius 1 is 1.15 bits per heavy atom. The van der Waals surface area contributed by atoms with E-state index in [2.05, 4.69) is 4.90 Å². The minimum Gasteiger partial charge on any atom is -0.388 e. The predicted octanol–water partition coefficient (Wildman–Crippen LogP) is 2.36. The van der Waals surface area contributed by atoms with Crippen molar-refractivity contribution in [2.24, 2.45) is 0 Å². The normalized spacial score (nSPS) is 12.8. The Hall–Kier alpha value is -0.650. The summed E-state index contributed by atoms with van der Waals surface area (Å²) in [5.74, 6) is 0. The van der Waals surface area contributed by atoms with Crippen LogP contribution >= 0.6 is 11.6 Å². The fraction of sp³-hybridized carbons (Fsp3) is 0.600. The van der Waals surface area contributed by atoms with Gasteiger partial charge in [-0.2, -0.15) is 0 Å². The van der Waals surface area contributed by atoms with Crippen molar-refractivity contribution in [2.75, 3.05) is 47.1 Å². The zero-order valence-electron chi connectivity index (χ0n) is 12.2. The average molecular weight is 302 g/mol. The Bertz CT molecular complexity index is 368. The topological polar surface area (TPSA) is 41.9 Å². The van der Waals surface area contributed by atoms with Gasteiger partial charge in [-0.25, -0.2) is 0 Å². The van der Waals surface area contributed by atoms with Crippen LogP contribution < -0.4 is 0 Å². The van der Waals surface area contributed by atoms with Gasteiger partial charge >= 0.3 is 0 Å². The molecule has 1 N–H and O–H groups in total. The lowest BCUT2D eigenvalue weighted by atomic mass is 10.1. The molecule has 5 heteroatoms. The molecule has 20 heavy (non-hydrogen) atoms. The zero-order valence-corrected chi connectivity index (χ0v) is 13.0. The summed E-state index contributed by atoms with van der Waals surface area (Å²) in [6.45, 7) is 3.82. The Balaban J connectivity index is 2.44. The molecule has 0 saturated carbocycles. The summed E-state index contributed by atoms with van der Waals surface area (Å²) in [4.78, 5) is 2.22. The van der Waals surface area contributed by atoms with E-state index in [1.165, 1.54) is 0 Å². The second-order valence-electron chi connectivity index (χ2n) is 4.69. The molecule has 0 saturated heterocycles. The van der Waals surface area contributed by atoms with Gasteiger partial charge in [-0.05, 0) is 24.1 Å². The lowest BCUT2D eigenvalue weighted by molar-refractivity contribution is 0.0945. The van der Waals surface area contributed by atoms with Gasteiger partial charge in [0.2, 0.25) is 0 Å². The van der Waals surface area contributed by atoms with E-state index in [-0.39, 0.29) is 0 Å². The molecule has 0 amide bonds. The van der Waals surface area contributed by atoms with Crippen molar-refractivity contribution in [3.63, 3.8) is 0 Å². The molecular weight excluding hydrogens is 278 g/mol. The molecule has 0 aliphatic carbocycles. The van der Waals surface area contributed by atoms with E-state index >= 15 is 0 Å². The minimum absolute atomic E-state index is 0.499. The molecule has 0 radical (unpaired) electrons. The molecule has 1 aromatic rings. The minimum atomic E-state index is -0.499. The lowest BCUT2D eigenvalue weighted by Crippen LogP contribution is -2.32. The largest absolute Gasteiger partial charge is 0.388 e. The Kier molecular flexibility index (Phi) is 8.82. The van der Waals surface area contributed by atoms with E-state index in [1.807, 2.05) is 12.1 Å². The van der Waals surface area contributed by atoms with Crippen LogP contribution in [-0.2, 0) is 9.47 Å². The highest BCUT2D eigenvalue weighted by Gasteiger charge is 2.11. The summed E-state index contributed by atoms with van der Waals surface area (Å²) < 4.78 is 10.2. The van der Waals surface area contributed by atoms with E-state index in [9.17, 15) is 5.11 Å². The number of nitrogens with zero attached hydrogens (tertiary/aromatic N) is 1. The monoisotopic (exact) mass is 301 g/mol. The number of hydrogen-bond donors (Lipinski definition) is 1. The summed E-state index contributed by atoms with van der Waals surface area (Å²) in [6.07, 6.45) is 0.162. The van der Waals surface area contributed by atoms with Crippen LogP contribution in [0.1, 0.15) is 18.1 Å². The van der Waals surface area contributed by atoms with Crippen molar-refractivity contribution in [2.45, 2.75) is 12.5 Å².